The van der Waals surface area contributed by atoms with Gasteiger partial charge < -0.3 is 5.32 Å². The van der Waals surface area contributed by atoms with E-state index < -0.39 is 0 Å². The third-order valence-electron chi connectivity index (χ3n) is 1.63. The Kier molecular flexibility index (Phi) is 4.23. The van der Waals surface area contributed by atoms with Crippen LogP contribution in [0.4, 0.5) is 5.69 Å². The molecule has 0 unspecified atom stereocenters. The van der Waals surface area contributed by atoms with Crippen LogP contribution < -0.4 is 5.32 Å². The maximum absolute atomic E-state index is 8.71. The molecule has 1 aromatic carbocycles. The summed E-state index contributed by atoms with van der Waals surface area (Å²) in [5, 5.41) is 20.0. The monoisotopic (exact) mass is 195 g/mol. The van der Waals surface area contributed by atoms with Crippen LogP contribution >= 0.6 is 0 Å². The van der Waals surface area contributed by atoms with E-state index in [1.54, 1.807) is 6.20 Å². The molecule has 0 radical (unpaired) electrons. The molecule has 0 bridgehead atoms. The molecule has 1 aromatic rings. The normalized spacial score (nSPS) is 10.7. The van der Waals surface area contributed by atoms with Crippen LogP contribution in [0.25, 0.3) is 0 Å². The first-order chi connectivity index (χ1) is 7.36. The minimum Gasteiger partial charge on any atom is -0.360 e. The summed E-state index contributed by atoms with van der Waals surface area (Å²) in [4.78, 5) is 0. The van der Waals surface area contributed by atoms with Gasteiger partial charge in [0.2, 0.25) is 0 Å². The third kappa shape index (κ3) is 3.80. The van der Waals surface area contributed by atoms with Gasteiger partial charge in [0.1, 0.15) is 6.07 Å². The number of nitrogens with zero attached hydrogens (tertiary/aromatic N) is 2. The molecule has 1 rings (SSSR count). The lowest BCUT2D eigenvalue weighted by molar-refractivity contribution is 1.47. The van der Waals surface area contributed by atoms with Gasteiger partial charge in [-0.25, -0.2) is 0 Å². The maximum atomic E-state index is 8.71. The molecular weight excluding hydrogens is 186 g/mol. The van der Waals surface area contributed by atoms with Gasteiger partial charge in [-0.1, -0.05) is 18.2 Å². The first kappa shape index (κ1) is 10.6. The molecule has 0 saturated carbocycles. The largest absolute Gasteiger partial charge is 0.360 e. The Bertz CT molecular complexity index is 444. The van der Waals surface area contributed by atoms with Crippen molar-refractivity contribution in [2.45, 2.75) is 0 Å². The number of para-hydroxylation sites is 1. The zero-order valence-electron chi connectivity index (χ0n) is 8.01. The van der Waals surface area contributed by atoms with Gasteiger partial charge in [0.25, 0.3) is 0 Å². The Hall–Kier alpha value is -2.52. The van der Waals surface area contributed by atoms with Crippen molar-refractivity contribution in [3.63, 3.8) is 0 Å². The van der Waals surface area contributed by atoms with Crippen molar-refractivity contribution in [1.82, 2.24) is 0 Å². The van der Waals surface area contributed by atoms with Gasteiger partial charge in [-0.05, 0) is 18.2 Å². The predicted molar refractivity (Wildman–Crippen MR) is 58.5 cm³/mol. The lowest BCUT2D eigenvalue weighted by Gasteiger charge is -1.98. The fourth-order valence-electron chi connectivity index (χ4n) is 0.940. The zero-order chi connectivity index (χ0) is 10.9. The van der Waals surface area contributed by atoms with Crippen molar-refractivity contribution in [2.75, 3.05) is 5.32 Å². The lowest BCUT2D eigenvalue weighted by Crippen LogP contribution is -1.88. The summed E-state index contributed by atoms with van der Waals surface area (Å²) in [6.45, 7) is 0. The second-order valence-corrected chi connectivity index (χ2v) is 2.68. The molecule has 0 atom stereocenters. The van der Waals surface area contributed by atoms with Gasteiger partial charge in [0, 0.05) is 18.0 Å². The van der Waals surface area contributed by atoms with Gasteiger partial charge in [-0.15, -0.1) is 0 Å². The van der Waals surface area contributed by atoms with Crippen LogP contribution in [0.2, 0.25) is 0 Å². The average Bonchev–Trinajstić information content (AvgIpc) is 2.31. The average molecular weight is 195 g/mol. The first-order valence-corrected chi connectivity index (χ1v) is 4.35. The summed E-state index contributed by atoms with van der Waals surface area (Å²) in [5.74, 6) is 0. The highest BCUT2D eigenvalue weighted by atomic mass is 14.8. The van der Waals surface area contributed by atoms with Crippen LogP contribution in [0.15, 0.2) is 54.3 Å². The van der Waals surface area contributed by atoms with Crippen LogP contribution in [0.1, 0.15) is 0 Å². The molecule has 72 valence electrons. The number of hydrogen-bond acceptors (Lipinski definition) is 3. The van der Waals surface area contributed by atoms with Crippen LogP contribution in [0.3, 0.4) is 0 Å². The van der Waals surface area contributed by atoms with Crippen molar-refractivity contribution in [1.29, 1.82) is 10.5 Å². The molecule has 0 aliphatic carbocycles. The molecule has 3 heteroatoms. The highest BCUT2D eigenvalue weighted by Crippen LogP contribution is 2.06. The number of benzene rings is 1. The van der Waals surface area contributed by atoms with E-state index in [0.717, 1.165) is 5.69 Å². The quantitative estimate of drug-likeness (QED) is 0.595. The summed E-state index contributed by atoms with van der Waals surface area (Å²) in [6.07, 6.45) is 4.28. The lowest BCUT2D eigenvalue weighted by atomic mass is 10.3. The van der Waals surface area contributed by atoms with Crippen molar-refractivity contribution in [3.8, 4) is 12.1 Å². The second-order valence-electron chi connectivity index (χ2n) is 2.68. The molecule has 1 N–H and O–H groups in total. The Morgan fingerprint density at radius 1 is 1.20 bits per heavy atom. The van der Waals surface area contributed by atoms with Crippen molar-refractivity contribution >= 4 is 5.69 Å². The Morgan fingerprint density at radius 2 is 1.93 bits per heavy atom. The number of nitriles is 2. The zero-order valence-corrected chi connectivity index (χ0v) is 8.01. The van der Waals surface area contributed by atoms with Gasteiger partial charge in [0.05, 0.1) is 11.6 Å². The predicted octanol–water partition coefficient (Wildman–Crippen LogP) is 2.59. The molecule has 0 amide bonds. The van der Waals surface area contributed by atoms with Crippen molar-refractivity contribution < 1.29 is 0 Å². The van der Waals surface area contributed by atoms with E-state index in [-0.39, 0.29) is 0 Å². The fourth-order valence-corrected chi connectivity index (χ4v) is 0.940. The van der Waals surface area contributed by atoms with E-state index in [0.29, 0.717) is 5.57 Å². The summed E-state index contributed by atoms with van der Waals surface area (Å²) >= 11 is 0. The molecule has 0 heterocycles. The van der Waals surface area contributed by atoms with Gasteiger partial charge in [-0.3, -0.25) is 0 Å². The molecule has 0 aliphatic heterocycles. The van der Waals surface area contributed by atoms with E-state index in [1.807, 2.05) is 42.5 Å². The SMILES string of the molecule is N#C/C=C/C(C#N)=C/Nc1ccccc1. The molecule has 15 heavy (non-hydrogen) atoms. The van der Waals surface area contributed by atoms with Crippen molar-refractivity contribution in [2.24, 2.45) is 0 Å². The minimum absolute atomic E-state index is 0.403. The first-order valence-electron chi connectivity index (χ1n) is 4.35. The molecule has 3 nitrogen and oxygen atoms in total. The topological polar surface area (TPSA) is 59.6 Å². The van der Waals surface area contributed by atoms with Gasteiger partial charge in [-0.2, -0.15) is 10.5 Å². The number of rotatable bonds is 3. The molecule has 0 aliphatic rings. The second kappa shape index (κ2) is 6.01. The number of anilines is 1. The molecular formula is C12H9N3. The van der Waals surface area contributed by atoms with E-state index >= 15 is 0 Å². The summed E-state index contributed by atoms with van der Waals surface area (Å²) in [7, 11) is 0. The highest BCUT2D eigenvalue weighted by molar-refractivity contribution is 5.48. The van der Waals surface area contributed by atoms with Crippen LogP contribution in [0, 0.1) is 22.7 Å². The highest BCUT2D eigenvalue weighted by Gasteiger charge is 1.89. The number of allylic oxidation sites excluding steroid dienone is 3. The summed E-state index contributed by atoms with van der Waals surface area (Å²) in [6, 6.07) is 13.3. The molecule has 0 spiro atoms. The number of nitrogens with one attached hydrogen (secondary N) is 1. The van der Waals surface area contributed by atoms with E-state index in [2.05, 4.69) is 5.32 Å². The number of hydrogen-bond donors (Lipinski definition) is 1. The van der Waals surface area contributed by atoms with Gasteiger partial charge in [0.15, 0.2) is 0 Å². The summed E-state index contributed by atoms with van der Waals surface area (Å²) in [5.41, 5.74) is 1.30. The molecule has 0 aromatic heterocycles. The Labute approximate surface area is 88.6 Å². The van der Waals surface area contributed by atoms with Crippen LogP contribution in [0.5, 0.6) is 0 Å². The smallest absolute Gasteiger partial charge is 0.101 e. The Balaban J connectivity index is 2.69. The van der Waals surface area contributed by atoms with Gasteiger partial charge >= 0.3 is 0 Å². The maximum Gasteiger partial charge on any atom is 0.101 e. The van der Waals surface area contributed by atoms with E-state index in [4.69, 9.17) is 10.5 Å². The minimum atomic E-state index is 0.403. The van der Waals surface area contributed by atoms with E-state index in [9.17, 15) is 0 Å². The van der Waals surface area contributed by atoms with Crippen LogP contribution in [-0.4, -0.2) is 0 Å². The standard InChI is InChI=1S/C12H9N3/c13-8-4-5-11(9-14)10-15-12-6-2-1-3-7-12/h1-7,10,15H/b5-4+,11-10-. The molecule has 0 saturated heterocycles. The fraction of sp³-hybridized carbons (Fsp3) is 0. The molecule has 0 fully saturated rings. The van der Waals surface area contributed by atoms with Crippen molar-refractivity contribution in [3.05, 3.63) is 54.3 Å². The summed E-state index contributed by atoms with van der Waals surface area (Å²) < 4.78 is 0. The third-order valence-corrected chi connectivity index (χ3v) is 1.63. The Morgan fingerprint density at radius 3 is 2.53 bits per heavy atom. The van der Waals surface area contributed by atoms with Crippen LogP contribution in [-0.2, 0) is 0 Å². The van der Waals surface area contributed by atoms with E-state index in [1.165, 1.54) is 12.2 Å².